The predicted molar refractivity (Wildman–Crippen MR) is 86.0 cm³/mol. The molecule has 0 bridgehead atoms. The van der Waals surface area contributed by atoms with Crippen molar-refractivity contribution < 1.29 is 5.11 Å². The van der Waals surface area contributed by atoms with Gasteiger partial charge in [0.15, 0.2) is 0 Å². The number of para-hydroxylation sites is 1. The number of aliphatic imine (C=N–C) groups is 1. The maximum absolute atomic E-state index is 10.8. The number of nitrogens with zero attached hydrogens (tertiary/aromatic N) is 1. The molecule has 2 aliphatic rings. The maximum atomic E-state index is 10.8. The minimum atomic E-state index is -0.622. The lowest BCUT2D eigenvalue weighted by Gasteiger charge is -2.38. The van der Waals surface area contributed by atoms with Gasteiger partial charge >= 0.3 is 0 Å². The molecule has 2 atom stereocenters. The molecule has 2 aromatic rings. The van der Waals surface area contributed by atoms with E-state index in [0.717, 1.165) is 37.9 Å². The van der Waals surface area contributed by atoms with Crippen LogP contribution in [0.2, 0.25) is 0 Å². The molecule has 0 saturated heterocycles. The zero-order valence-electron chi connectivity index (χ0n) is 12.5. The van der Waals surface area contributed by atoms with Crippen molar-refractivity contribution in [1.82, 2.24) is 4.98 Å². The van der Waals surface area contributed by atoms with Gasteiger partial charge in [0.1, 0.15) is 0 Å². The van der Waals surface area contributed by atoms with Crippen molar-refractivity contribution in [3.05, 3.63) is 35.5 Å². The van der Waals surface area contributed by atoms with E-state index in [1.54, 1.807) is 0 Å². The minimum absolute atomic E-state index is 0.165. The van der Waals surface area contributed by atoms with Gasteiger partial charge in [-0.2, -0.15) is 0 Å². The van der Waals surface area contributed by atoms with Crippen molar-refractivity contribution in [3.8, 4) is 0 Å². The number of nitrogens with one attached hydrogen (secondary N) is 1. The summed E-state index contributed by atoms with van der Waals surface area (Å²) in [5.74, 6) is 0.165. The summed E-state index contributed by atoms with van der Waals surface area (Å²) in [6.45, 7) is 2.83. The highest BCUT2D eigenvalue weighted by atomic mass is 16.3. The van der Waals surface area contributed by atoms with Crippen molar-refractivity contribution in [2.45, 2.75) is 44.6 Å². The van der Waals surface area contributed by atoms with Gasteiger partial charge in [-0.05, 0) is 37.8 Å². The summed E-state index contributed by atoms with van der Waals surface area (Å²) in [6.07, 6.45) is 5.23. The van der Waals surface area contributed by atoms with Crippen LogP contribution in [0, 0.1) is 5.92 Å². The fourth-order valence-electron chi connectivity index (χ4n) is 4.08. The number of rotatable bonds is 1. The Labute approximate surface area is 125 Å². The van der Waals surface area contributed by atoms with E-state index in [4.69, 9.17) is 4.99 Å². The first-order valence-electron chi connectivity index (χ1n) is 8.03. The van der Waals surface area contributed by atoms with E-state index < -0.39 is 5.60 Å². The number of H-pyrrole nitrogens is 1. The Hall–Kier alpha value is -1.61. The molecule has 1 aliphatic heterocycles. The molecule has 3 heteroatoms. The number of fused-ring (bicyclic) bond motifs is 3. The predicted octanol–water partition coefficient (Wildman–Crippen LogP) is 3.45. The monoisotopic (exact) mass is 282 g/mol. The number of aliphatic hydroxyl groups is 1. The van der Waals surface area contributed by atoms with Gasteiger partial charge in [0, 0.05) is 23.4 Å². The summed E-state index contributed by atoms with van der Waals surface area (Å²) in [7, 11) is 0. The fraction of sp³-hybridized carbons (Fsp3) is 0.500. The molecule has 1 aromatic heterocycles. The van der Waals surface area contributed by atoms with Gasteiger partial charge in [-0.25, -0.2) is 0 Å². The molecule has 1 aromatic carbocycles. The molecule has 2 N–H and O–H groups in total. The zero-order valence-corrected chi connectivity index (χ0v) is 12.5. The summed E-state index contributed by atoms with van der Waals surface area (Å²) in [4.78, 5) is 8.37. The third-order valence-corrected chi connectivity index (χ3v) is 5.22. The average Bonchev–Trinajstić information content (AvgIpc) is 2.86. The highest BCUT2D eigenvalue weighted by Gasteiger charge is 2.40. The third kappa shape index (κ3) is 2.03. The highest BCUT2D eigenvalue weighted by molar-refractivity contribution is 6.07. The third-order valence-electron chi connectivity index (χ3n) is 5.22. The zero-order chi connectivity index (χ0) is 14.4. The molecular weight excluding hydrogens is 260 g/mol. The van der Waals surface area contributed by atoms with E-state index in [-0.39, 0.29) is 5.92 Å². The number of aromatic nitrogens is 1. The summed E-state index contributed by atoms with van der Waals surface area (Å²) in [5.41, 5.74) is 4.24. The largest absolute Gasteiger partial charge is 0.389 e. The number of hydrogen-bond donors (Lipinski definition) is 2. The van der Waals surface area contributed by atoms with Crippen LogP contribution in [0.25, 0.3) is 10.9 Å². The second-order valence-electron chi connectivity index (χ2n) is 6.70. The van der Waals surface area contributed by atoms with Crippen LogP contribution < -0.4 is 0 Å². The molecule has 1 saturated carbocycles. The molecule has 2 unspecified atom stereocenters. The molecule has 110 valence electrons. The van der Waals surface area contributed by atoms with Crippen molar-refractivity contribution in [1.29, 1.82) is 0 Å². The van der Waals surface area contributed by atoms with Gasteiger partial charge in [0.05, 0.1) is 17.0 Å². The van der Waals surface area contributed by atoms with Crippen LogP contribution in [0.5, 0.6) is 0 Å². The Morgan fingerprint density at radius 1 is 1.29 bits per heavy atom. The van der Waals surface area contributed by atoms with E-state index in [1.165, 1.54) is 28.6 Å². The Bertz CT molecular complexity index is 711. The molecule has 0 spiro atoms. The Morgan fingerprint density at radius 2 is 2.14 bits per heavy atom. The van der Waals surface area contributed by atoms with Crippen molar-refractivity contribution in [2.24, 2.45) is 10.9 Å². The van der Waals surface area contributed by atoms with Crippen LogP contribution in [0.1, 0.15) is 43.9 Å². The molecule has 0 amide bonds. The first kappa shape index (κ1) is 13.1. The summed E-state index contributed by atoms with van der Waals surface area (Å²) in [5, 5.41) is 12.1. The quantitative estimate of drug-likeness (QED) is 0.827. The van der Waals surface area contributed by atoms with E-state index in [9.17, 15) is 5.11 Å². The molecular formula is C18H22N2O. The second kappa shape index (κ2) is 4.70. The van der Waals surface area contributed by atoms with Crippen LogP contribution in [-0.2, 0) is 6.42 Å². The SMILES string of the molecule is CC1(O)CCCCC1C1=NCCc2c1[nH]c1ccccc21. The van der Waals surface area contributed by atoms with Crippen LogP contribution in [0.15, 0.2) is 29.3 Å². The normalized spacial score (nSPS) is 29.2. The Kier molecular flexibility index (Phi) is 2.93. The lowest BCUT2D eigenvalue weighted by atomic mass is 9.72. The van der Waals surface area contributed by atoms with E-state index in [0.29, 0.717) is 0 Å². The molecule has 3 nitrogen and oxygen atoms in total. The molecule has 1 aliphatic carbocycles. The number of benzene rings is 1. The molecule has 4 rings (SSSR count). The van der Waals surface area contributed by atoms with E-state index in [2.05, 4.69) is 29.2 Å². The smallest absolute Gasteiger partial charge is 0.0703 e. The molecule has 1 fully saturated rings. The molecule has 0 radical (unpaired) electrons. The minimum Gasteiger partial charge on any atom is -0.389 e. The van der Waals surface area contributed by atoms with Crippen molar-refractivity contribution in [2.75, 3.05) is 6.54 Å². The van der Waals surface area contributed by atoms with Crippen molar-refractivity contribution >= 4 is 16.6 Å². The van der Waals surface area contributed by atoms with Crippen LogP contribution in [0.4, 0.5) is 0 Å². The number of aromatic amines is 1. The average molecular weight is 282 g/mol. The number of hydrogen-bond acceptors (Lipinski definition) is 2. The second-order valence-corrected chi connectivity index (χ2v) is 6.70. The van der Waals surface area contributed by atoms with Gasteiger partial charge in [-0.1, -0.05) is 31.0 Å². The summed E-state index contributed by atoms with van der Waals surface area (Å²) in [6, 6.07) is 8.48. The molecule has 2 heterocycles. The highest BCUT2D eigenvalue weighted by Crippen LogP contribution is 2.38. The lowest BCUT2D eigenvalue weighted by Crippen LogP contribution is -2.43. The van der Waals surface area contributed by atoms with Gasteiger partial charge in [-0.15, -0.1) is 0 Å². The van der Waals surface area contributed by atoms with E-state index in [1.807, 2.05) is 6.92 Å². The van der Waals surface area contributed by atoms with Gasteiger partial charge < -0.3 is 10.1 Å². The first-order chi connectivity index (χ1) is 10.2. The summed E-state index contributed by atoms with van der Waals surface area (Å²) >= 11 is 0. The van der Waals surface area contributed by atoms with Gasteiger partial charge in [0.2, 0.25) is 0 Å². The van der Waals surface area contributed by atoms with Crippen LogP contribution in [-0.4, -0.2) is 27.9 Å². The fourth-order valence-corrected chi connectivity index (χ4v) is 4.08. The standard InChI is InChI=1S/C18H22N2O/c1-18(21)10-5-4-7-14(18)17-16-13(9-11-19-17)12-6-2-3-8-15(12)20-16/h2-3,6,8,14,20-21H,4-5,7,9-11H2,1H3. The van der Waals surface area contributed by atoms with Crippen LogP contribution in [0.3, 0.4) is 0 Å². The van der Waals surface area contributed by atoms with E-state index >= 15 is 0 Å². The maximum Gasteiger partial charge on any atom is 0.0703 e. The van der Waals surface area contributed by atoms with Crippen molar-refractivity contribution in [3.63, 3.8) is 0 Å². The molecule has 21 heavy (non-hydrogen) atoms. The Morgan fingerprint density at radius 3 is 3.00 bits per heavy atom. The Balaban J connectivity index is 1.83. The lowest BCUT2D eigenvalue weighted by molar-refractivity contribution is -0.00454. The van der Waals surface area contributed by atoms with Gasteiger partial charge in [0.25, 0.3) is 0 Å². The topological polar surface area (TPSA) is 48.4 Å². The van der Waals surface area contributed by atoms with Gasteiger partial charge in [-0.3, -0.25) is 4.99 Å². The summed E-state index contributed by atoms with van der Waals surface area (Å²) < 4.78 is 0. The first-order valence-corrected chi connectivity index (χ1v) is 8.03. The van der Waals surface area contributed by atoms with Crippen LogP contribution >= 0.6 is 0 Å².